The predicted octanol–water partition coefficient (Wildman–Crippen LogP) is 6.51. The molecule has 3 aromatic rings. The fourth-order valence-corrected chi connectivity index (χ4v) is 7.73. The highest BCUT2D eigenvalue weighted by Crippen LogP contribution is 2.62. The van der Waals surface area contributed by atoms with Crippen molar-refractivity contribution in [2.24, 2.45) is 16.9 Å². The zero-order chi connectivity index (χ0) is 27.0. The molecule has 6 nitrogen and oxygen atoms in total. The number of hydrogen-bond donors (Lipinski definition) is 2. The zero-order valence-electron chi connectivity index (χ0n) is 22.6. The molecule has 2 N–H and O–H groups in total. The quantitative estimate of drug-likeness (QED) is 0.168. The minimum atomic E-state index is -0.335. The Balaban J connectivity index is 1.08. The average molecular weight is 522 g/mol. The molecule has 200 valence electrons. The predicted molar refractivity (Wildman–Crippen MR) is 153 cm³/mol. The van der Waals surface area contributed by atoms with Crippen molar-refractivity contribution in [1.82, 2.24) is 10.7 Å². The smallest absolute Gasteiger partial charge is 0.335 e. The van der Waals surface area contributed by atoms with E-state index in [4.69, 9.17) is 4.74 Å². The number of rotatable bonds is 6. The first-order valence-corrected chi connectivity index (χ1v) is 13.9. The molecule has 4 aliphatic rings. The summed E-state index contributed by atoms with van der Waals surface area (Å²) >= 11 is 0. The van der Waals surface area contributed by atoms with Gasteiger partial charge in [-0.05, 0) is 97.1 Å². The summed E-state index contributed by atoms with van der Waals surface area (Å²) in [4.78, 5) is 24.1. The van der Waals surface area contributed by atoms with Crippen LogP contribution in [0, 0.1) is 18.8 Å². The summed E-state index contributed by atoms with van der Waals surface area (Å²) in [5, 5.41) is 7.60. The van der Waals surface area contributed by atoms with Crippen molar-refractivity contribution in [3.05, 3.63) is 89.5 Å². The Bertz CT molecular complexity index is 1380. The van der Waals surface area contributed by atoms with Crippen LogP contribution in [-0.4, -0.2) is 23.8 Å². The van der Waals surface area contributed by atoms with E-state index in [0.29, 0.717) is 17.6 Å². The van der Waals surface area contributed by atoms with Crippen molar-refractivity contribution in [3.8, 4) is 16.9 Å². The van der Waals surface area contributed by atoms with Crippen molar-refractivity contribution in [1.29, 1.82) is 0 Å². The van der Waals surface area contributed by atoms with Gasteiger partial charge in [0.1, 0.15) is 5.75 Å². The Morgan fingerprint density at radius 3 is 2.10 bits per heavy atom. The van der Waals surface area contributed by atoms with Crippen molar-refractivity contribution in [2.45, 2.75) is 63.3 Å². The van der Waals surface area contributed by atoms with E-state index in [1.807, 2.05) is 36.4 Å². The topological polar surface area (TPSA) is 79.8 Å². The first-order valence-electron chi connectivity index (χ1n) is 13.9. The van der Waals surface area contributed by atoms with Crippen molar-refractivity contribution >= 4 is 18.2 Å². The maximum atomic E-state index is 13.0. The molecule has 0 saturated heterocycles. The Kier molecular flexibility index (Phi) is 6.49. The van der Waals surface area contributed by atoms with Crippen LogP contribution in [-0.2, 0) is 10.2 Å². The molecule has 39 heavy (non-hydrogen) atoms. The number of carbonyl (C=O) groups is 2. The molecule has 4 fully saturated rings. The monoisotopic (exact) mass is 521 g/mol. The lowest BCUT2D eigenvalue weighted by Crippen LogP contribution is -2.65. The summed E-state index contributed by atoms with van der Waals surface area (Å²) < 4.78 is 5.10. The highest BCUT2D eigenvalue weighted by Gasteiger charge is 2.58. The molecule has 2 atom stereocenters. The van der Waals surface area contributed by atoms with Gasteiger partial charge in [-0.25, -0.2) is 10.2 Å². The van der Waals surface area contributed by atoms with Gasteiger partial charge in [0.15, 0.2) is 0 Å². The fraction of sp³-hybridized carbons (Fsp3) is 0.364. The van der Waals surface area contributed by atoms with Crippen molar-refractivity contribution in [3.63, 3.8) is 0 Å². The third-order valence-electron chi connectivity index (χ3n) is 8.84. The third-order valence-corrected chi connectivity index (χ3v) is 8.84. The first kappa shape index (κ1) is 25.4. The van der Waals surface area contributed by atoms with Crippen LogP contribution in [0.5, 0.6) is 5.75 Å². The molecular weight excluding hydrogens is 486 g/mol. The number of carbonyl (C=O) groups excluding carboxylic acids is 2. The standard InChI is InChI=1S/C33H35N3O3/c1-22-3-11-29(12-4-22)32-16-25-15-26(17-32)19-33(18-25,21-32)35-31(38)36-34-20-24-5-7-27(8-6-24)28-9-13-30(14-10-28)39-23(2)37/h3-14,20,25-26H,15-19,21H2,1-2H3,(H2,35,36,38). The number of urea groups is 1. The Hall–Kier alpha value is -3.93. The second-order valence-electron chi connectivity index (χ2n) is 12.0. The highest BCUT2D eigenvalue weighted by molar-refractivity contribution is 5.83. The second kappa shape index (κ2) is 9.99. The third kappa shape index (κ3) is 5.33. The summed E-state index contributed by atoms with van der Waals surface area (Å²) in [5.41, 5.74) is 8.42. The van der Waals surface area contributed by atoms with E-state index in [1.165, 1.54) is 37.3 Å². The summed E-state index contributed by atoms with van der Waals surface area (Å²) in [7, 11) is 0. The summed E-state index contributed by atoms with van der Waals surface area (Å²) in [6, 6.07) is 24.2. The molecular formula is C33H35N3O3. The van der Waals surface area contributed by atoms with Crippen LogP contribution >= 0.6 is 0 Å². The van der Waals surface area contributed by atoms with E-state index >= 15 is 0 Å². The van der Waals surface area contributed by atoms with Crippen LogP contribution in [0.3, 0.4) is 0 Å². The lowest BCUT2D eigenvalue weighted by Gasteiger charge is -2.62. The number of aryl methyl sites for hydroxylation is 1. The molecule has 0 radical (unpaired) electrons. The van der Waals surface area contributed by atoms with Crippen LogP contribution in [0.2, 0.25) is 0 Å². The zero-order valence-corrected chi connectivity index (χ0v) is 22.6. The molecule has 4 bridgehead atoms. The number of esters is 1. The Morgan fingerprint density at radius 1 is 0.872 bits per heavy atom. The van der Waals surface area contributed by atoms with Crippen LogP contribution in [0.1, 0.15) is 62.1 Å². The van der Waals surface area contributed by atoms with Crippen LogP contribution < -0.4 is 15.5 Å². The van der Waals surface area contributed by atoms with Gasteiger partial charge < -0.3 is 10.1 Å². The Labute approximate surface area is 229 Å². The van der Waals surface area contributed by atoms with E-state index < -0.39 is 0 Å². The number of ether oxygens (including phenoxy) is 1. The van der Waals surface area contributed by atoms with E-state index in [2.05, 4.69) is 47.0 Å². The SMILES string of the molecule is CC(=O)Oc1ccc(-c2ccc(C=NNC(=O)NC34CC5CC(C3)CC(c3ccc(C)cc3)(C5)C4)cc2)cc1. The van der Waals surface area contributed by atoms with Gasteiger partial charge in [-0.3, -0.25) is 4.79 Å². The fourth-order valence-electron chi connectivity index (χ4n) is 7.73. The van der Waals surface area contributed by atoms with E-state index in [9.17, 15) is 9.59 Å². The number of hydrogen-bond acceptors (Lipinski definition) is 4. The van der Waals surface area contributed by atoms with Gasteiger partial charge in [0.2, 0.25) is 0 Å². The second-order valence-corrected chi connectivity index (χ2v) is 12.0. The minimum absolute atomic E-state index is 0.152. The molecule has 4 saturated carbocycles. The minimum Gasteiger partial charge on any atom is -0.427 e. The molecule has 6 heteroatoms. The molecule has 4 aliphatic carbocycles. The normalized spacial score (nSPS) is 26.9. The Morgan fingerprint density at radius 2 is 1.49 bits per heavy atom. The van der Waals surface area contributed by atoms with Gasteiger partial charge in [-0.2, -0.15) is 5.10 Å². The van der Waals surface area contributed by atoms with Gasteiger partial charge in [0.25, 0.3) is 0 Å². The summed E-state index contributed by atoms with van der Waals surface area (Å²) in [5.74, 6) is 1.54. The molecule has 2 unspecified atom stereocenters. The number of benzene rings is 3. The van der Waals surface area contributed by atoms with Gasteiger partial charge in [-0.1, -0.05) is 66.2 Å². The molecule has 7 rings (SSSR count). The van der Waals surface area contributed by atoms with Crippen LogP contribution in [0.25, 0.3) is 11.1 Å². The maximum Gasteiger partial charge on any atom is 0.335 e. The molecule has 2 amide bonds. The van der Waals surface area contributed by atoms with E-state index in [0.717, 1.165) is 36.0 Å². The lowest BCUT2D eigenvalue weighted by atomic mass is 9.45. The van der Waals surface area contributed by atoms with Gasteiger partial charge in [-0.15, -0.1) is 0 Å². The van der Waals surface area contributed by atoms with E-state index in [1.54, 1.807) is 18.3 Å². The number of nitrogens with one attached hydrogen (secondary N) is 2. The molecule has 0 spiro atoms. The van der Waals surface area contributed by atoms with Crippen LogP contribution in [0.4, 0.5) is 4.79 Å². The number of amides is 2. The largest absolute Gasteiger partial charge is 0.427 e. The molecule has 3 aromatic carbocycles. The van der Waals surface area contributed by atoms with Crippen molar-refractivity contribution in [2.75, 3.05) is 0 Å². The highest BCUT2D eigenvalue weighted by atomic mass is 16.5. The van der Waals surface area contributed by atoms with Gasteiger partial charge in [0.05, 0.1) is 6.21 Å². The van der Waals surface area contributed by atoms with E-state index in [-0.39, 0.29) is 23.0 Å². The maximum absolute atomic E-state index is 13.0. The molecule has 0 aliphatic heterocycles. The lowest BCUT2D eigenvalue weighted by molar-refractivity contribution is -0.131. The first-order chi connectivity index (χ1) is 18.8. The van der Waals surface area contributed by atoms with Gasteiger partial charge >= 0.3 is 12.0 Å². The van der Waals surface area contributed by atoms with Crippen LogP contribution in [0.15, 0.2) is 77.9 Å². The summed E-state index contributed by atoms with van der Waals surface area (Å²) in [6.45, 7) is 3.52. The summed E-state index contributed by atoms with van der Waals surface area (Å²) in [6.07, 6.45) is 8.58. The van der Waals surface area contributed by atoms with Gasteiger partial charge in [0, 0.05) is 12.5 Å². The molecule has 0 aromatic heterocycles. The van der Waals surface area contributed by atoms with Crippen molar-refractivity contribution < 1.29 is 14.3 Å². The number of nitrogens with zero attached hydrogens (tertiary/aromatic N) is 1. The molecule has 0 heterocycles. The average Bonchev–Trinajstić information content (AvgIpc) is 2.88. The number of hydrazone groups is 1.